The van der Waals surface area contributed by atoms with Crippen molar-refractivity contribution in [2.24, 2.45) is 0 Å². The maximum atomic E-state index is 12.6. The van der Waals surface area contributed by atoms with E-state index >= 15 is 0 Å². The lowest BCUT2D eigenvalue weighted by atomic mass is 10.1. The Hall–Kier alpha value is -3.60. The summed E-state index contributed by atoms with van der Waals surface area (Å²) in [6.07, 6.45) is 3.32. The highest BCUT2D eigenvalue weighted by molar-refractivity contribution is 7.80. The molecule has 1 heterocycles. The van der Waals surface area contributed by atoms with Gasteiger partial charge in [-0.3, -0.25) is 20.2 Å². The lowest BCUT2D eigenvalue weighted by molar-refractivity contribution is -0.394. The Balaban J connectivity index is 1.87. The number of carbonyl (C=O) groups excluding carboxylic acids is 1. The van der Waals surface area contributed by atoms with Crippen LogP contribution in [0.4, 0.5) is 11.4 Å². The van der Waals surface area contributed by atoms with Crippen LogP contribution in [0.5, 0.6) is 11.5 Å². The third-order valence-corrected chi connectivity index (χ3v) is 5.39. The second kappa shape index (κ2) is 10.1. The summed E-state index contributed by atoms with van der Waals surface area (Å²) in [6, 6.07) is 7.54. The van der Waals surface area contributed by atoms with E-state index < -0.39 is 27.2 Å². The van der Waals surface area contributed by atoms with Gasteiger partial charge in [-0.2, -0.15) is 0 Å². The average molecular weight is 459 g/mol. The largest absolute Gasteiger partial charge is 0.490 e. The summed E-state index contributed by atoms with van der Waals surface area (Å²) in [5.74, 6) is -0.627. The van der Waals surface area contributed by atoms with Gasteiger partial charge in [-0.1, -0.05) is 12.2 Å². The van der Waals surface area contributed by atoms with Crippen molar-refractivity contribution in [2.75, 3.05) is 19.7 Å². The zero-order chi connectivity index (χ0) is 23.3. The molecule has 2 aromatic carbocycles. The van der Waals surface area contributed by atoms with Gasteiger partial charge in [0.05, 0.1) is 28.1 Å². The van der Waals surface area contributed by atoms with Crippen LogP contribution >= 0.6 is 12.2 Å². The number of rotatable bonds is 7. The van der Waals surface area contributed by atoms with Crippen LogP contribution in [0, 0.1) is 20.2 Å². The molecule has 1 saturated heterocycles. The molecule has 168 valence electrons. The standard InChI is InChI=1S/C21H21N3O7S/c1-2-30-19-12-14(20(32)22-8-4-3-5-9-22)6-7-18(19)31-21(25)15-10-16(23(26)27)13-17(11-15)24(28)29/h6-7,10-13H,2-5,8-9H2,1H3. The summed E-state index contributed by atoms with van der Waals surface area (Å²) in [5.41, 5.74) is -0.741. The first-order valence-electron chi connectivity index (χ1n) is 10.0. The molecular formula is C21H21N3O7S. The van der Waals surface area contributed by atoms with E-state index in [0.29, 0.717) is 11.6 Å². The first-order chi connectivity index (χ1) is 15.3. The van der Waals surface area contributed by atoms with Crippen molar-refractivity contribution in [3.05, 3.63) is 67.8 Å². The van der Waals surface area contributed by atoms with Crippen molar-refractivity contribution in [1.29, 1.82) is 0 Å². The van der Waals surface area contributed by atoms with E-state index in [9.17, 15) is 25.0 Å². The van der Waals surface area contributed by atoms with Crippen LogP contribution in [0.1, 0.15) is 42.1 Å². The maximum Gasteiger partial charge on any atom is 0.344 e. The Morgan fingerprint density at radius 3 is 2.16 bits per heavy atom. The predicted molar refractivity (Wildman–Crippen MR) is 119 cm³/mol. The Bertz CT molecular complexity index is 1040. The number of nitrogens with zero attached hydrogens (tertiary/aromatic N) is 3. The van der Waals surface area contributed by atoms with Crippen LogP contribution in [-0.4, -0.2) is 45.4 Å². The minimum Gasteiger partial charge on any atom is -0.490 e. The quantitative estimate of drug-likeness (QED) is 0.196. The van der Waals surface area contributed by atoms with Crippen LogP contribution in [0.25, 0.3) is 0 Å². The van der Waals surface area contributed by atoms with Gasteiger partial charge in [-0.05, 0) is 44.4 Å². The fourth-order valence-corrected chi connectivity index (χ4v) is 3.67. The molecule has 2 aromatic rings. The van der Waals surface area contributed by atoms with Gasteiger partial charge in [0.2, 0.25) is 0 Å². The molecule has 1 aliphatic heterocycles. The van der Waals surface area contributed by atoms with Crippen molar-refractivity contribution < 1.29 is 24.1 Å². The Labute approximate surface area is 189 Å². The number of esters is 1. The number of benzene rings is 2. The fraction of sp³-hybridized carbons (Fsp3) is 0.333. The van der Waals surface area contributed by atoms with E-state index in [1.165, 1.54) is 12.5 Å². The number of likely N-dealkylation sites (tertiary alicyclic amines) is 1. The molecule has 0 bridgehead atoms. The van der Waals surface area contributed by atoms with Crippen molar-refractivity contribution in [2.45, 2.75) is 26.2 Å². The minimum absolute atomic E-state index is 0.0798. The van der Waals surface area contributed by atoms with Gasteiger partial charge in [0, 0.05) is 30.8 Å². The van der Waals surface area contributed by atoms with E-state index in [1.807, 2.05) is 0 Å². The third-order valence-electron chi connectivity index (χ3n) is 4.90. The number of hydrogen-bond acceptors (Lipinski definition) is 8. The molecule has 11 heteroatoms. The SMILES string of the molecule is CCOc1cc(C(=S)N2CCCCC2)ccc1OC(=O)c1cc([N+](=O)[O-])cc([N+](=O)[O-])c1. The number of thiocarbonyl (C=S) groups is 1. The first-order valence-corrected chi connectivity index (χ1v) is 10.4. The highest BCUT2D eigenvalue weighted by Gasteiger charge is 2.23. The van der Waals surface area contributed by atoms with Gasteiger partial charge < -0.3 is 14.4 Å². The summed E-state index contributed by atoms with van der Waals surface area (Å²) in [5, 5.41) is 22.1. The number of hydrogen-bond donors (Lipinski definition) is 0. The zero-order valence-electron chi connectivity index (χ0n) is 17.3. The van der Waals surface area contributed by atoms with Crippen molar-refractivity contribution >= 4 is 34.6 Å². The monoisotopic (exact) mass is 459 g/mol. The second-order valence-corrected chi connectivity index (χ2v) is 7.48. The Kier molecular flexibility index (Phi) is 7.31. The van der Waals surface area contributed by atoms with Gasteiger partial charge >= 0.3 is 5.97 Å². The van der Waals surface area contributed by atoms with E-state index in [2.05, 4.69) is 4.90 Å². The van der Waals surface area contributed by atoms with Crippen molar-refractivity contribution in [3.8, 4) is 11.5 Å². The van der Waals surface area contributed by atoms with Crippen LogP contribution in [0.2, 0.25) is 0 Å². The average Bonchev–Trinajstić information content (AvgIpc) is 2.80. The highest BCUT2D eigenvalue weighted by atomic mass is 32.1. The summed E-state index contributed by atoms with van der Waals surface area (Å²) in [7, 11) is 0. The molecule has 0 atom stereocenters. The molecule has 0 spiro atoms. The number of piperidine rings is 1. The fourth-order valence-electron chi connectivity index (χ4n) is 3.36. The van der Waals surface area contributed by atoms with E-state index in [1.54, 1.807) is 19.1 Å². The molecule has 0 N–H and O–H groups in total. The van der Waals surface area contributed by atoms with Crippen molar-refractivity contribution in [3.63, 3.8) is 0 Å². The minimum atomic E-state index is -0.982. The molecule has 3 rings (SSSR count). The number of carbonyl (C=O) groups is 1. The van der Waals surface area contributed by atoms with Crippen LogP contribution in [0.3, 0.4) is 0 Å². The van der Waals surface area contributed by atoms with Gasteiger partial charge in [0.1, 0.15) is 4.99 Å². The van der Waals surface area contributed by atoms with E-state index in [-0.39, 0.29) is 17.1 Å². The molecule has 10 nitrogen and oxygen atoms in total. The van der Waals surface area contributed by atoms with Gasteiger partial charge in [0.25, 0.3) is 11.4 Å². The molecule has 0 aromatic heterocycles. The van der Waals surface area contributed by atoms with Crippen LogP contribution < -0.4 is 9.47 Å². The normalized spacial score (nSPS) is 13.3. The molecule has 0 radical (unpaired) electrons. The number of non-ortho nitro benzene ring substituents is 2. The topological polar surface area (TPSA) is 125 Å². The first kappa shape index (κ1) is 23.1. The molecule has 0 saturated carbocycles. The summed E-state index contributed by atoms with van der Waals surface area (Å²) >= 11 is 5.60. The molecular weight excluding hydrogens is 438 g/mol. The lowest BCUT2D eigenvalue weighted by Gasteiger charge is -2.29. The third kappa shape index (κ3) is 5.35. The summed E-state index contributed by atoms with van der Waals surface area (Å²) < 4.78 is 11.0. The predicted octanol–water partition coefficient (Wildman–Crippen LogP) is 4.28. The summed E-state index contributed by atoms with van der Waals surface area (Å²) in [6.45, 7) is 3.83. The Morgan fingerprint density at radius 2 is 1.59 bits per heavy atom. The molecule has 0 amide bonds. The summed E-state index contributed by atoms with van der Waals surface area (Å²) in [4.78, 5) is 36.0. The number of nitro benzene ring substituents is 2. The van der Waals surface area contributed by atoms with Crippen LogP contribution in [-0.2, 0) is 0 Å². The highest BCUT2D eigenvalue weighted by Crippen LogP contribution is 2.31. The molecule has 0 unspecified atom stereocenters. The second-order valence-electron chi connectivity index (χ2n) is 7.09. The molecule has 32 heavy (non-hydrogen) atoms. The van der Waals surface area contributed by atoms with E-state index in [4.69, 9.17) is 21.7 Å². The van der Waals surface area contributed by atoms with Gasteiger partial charge in [0.15, 0.2) is 11.5 Å². The number of nitro groups is 2. The maximum absolute atomic E-state index is 12.6. The zero-order valence-corrected chi connectivity index (χ0v) is 18.1. The van der Waals surface area contributed by atoms with Crippen molar-refractivity contribution in [1.82, 2.24) is 4.90 Å². The number of ether oxygens (including phenoxy) is 2. The smallest absolute Gasteiger partial charge is 0.344 e. The Morgan fingerprint density at radius 1 is 0.969 bits per heavy atom. The van der Waals surface area contributed by atoms with Crippen LogP contribution in [0.15, 0.2) is 36.4 Å². The van der Waals surface area contributed by atoms with Gasteiger partial charge in [-0.15, -0.1) is 0 Å². The molecule has 1 fully saturated rings. The van der Waals surface area contributed by atoms with Gasteiger partial charge in [-0.25, -0.2) is 4.79 Å². The van der Waals surface area contributed by atoms with E-state index in [0.717, 1.165) is 49.7 Å². The molecule has 0 aliphatic carbocycles. The molecule has 1 aliphatic rings. The lowest BCUT2D eigenvalue weighted by Crippen LogP contribution is -2.34.